The summed E-state index contributed by atoms with van der Waals surface area (Å²) in [5.74, 6) is 1.18. The normalized spacial score (nSPS) is 12.6. The molecule has 3 aromatic rings. The fraction of sp³-hybridized carbons (Fsp3) is 0.154. The lowest BCUT2D eigenvalue weighted by Crippen LogP contribution is -2.11. The molecule has 2 heterocycles. The smallest absolute Gasteiger partial charge is 0.255 e. The van der Waals surface area contributed by atoms with E-state index in [0.717, 1.165) is 11.4 Å². The highest BCUT2D eigenvalue weighted by atomic mass is 35.5. The maximum atomic E-state index is 6.01. The Kier molecular flexibility index (Phi) is 3.46. The SMILES string of the molecule is CC(Nc1cc(Cl)nc2ncnn12)c1cccc(Cl)c1. The van der Waals surface area contributed by atoms with Crippen LogP contribution in [0.3, 0.4) is 0 Å². The average molecular weight is 308 g/mol. The van der Waals surface area contributed by atoms with Gasteiger partial charge in [0.05, 0.1) is 0 Å². The van der Waals surface area contributed by atoms with E-state index in [4.69, 9.17) is 23.2 Å². The van der Waals surface area contributed by atoms with E-state index in [1.165, 1.54) is 6.33 Å². The number of benzene rings is 1. The van der Waals surface area contributed by atoms with Crippen LogP contribution in [0.4, 0.5) is 5.82 Å². The van der Waals surface area contributed by atoms with Crippen LogP contribution in [0, 0.1) is 0 Å². The summed E-state index contributed by atoms with van der Waals surface area (Å²) in [5, 5.41) is 8.52. The zero-order chi connectivity index (χ0) is 14.1. The first kappa shape index (κ1) is 13.1. The summed E-state index contributed by atoms with van der Waals surface area (Å²) in [5.41, 5.74) is 1.07. The Balaban J connectivity index is 1.94. The van der Waals surface area contributed by atoms with Gasteiger partial charge in [0.15, 0.2) is 0 Å². The van der Waals surface area contributed by atoms with E-state index in [-0.39, 0.29) is 6.04 Å². The van der Waals surface area contributed by atoms with Crippen LogP contribution in [0.5, 0.6) is 0 Å². The van der Waals surface area contributed by atoms with Crippen molar-refractivity contribution < 1.29 is 0 Å². The maximum Gasteiger partial charge on any atom is 0.255 e. The third-order valence-electron chi connectivity index (χ3n) is 2.93. The monoisotopic (exact) mass is 307 g/mol. The second-order valence-corrected chi connectivity index (χ2v) is 5.18. The maximum absolute atomic E-state index is 6.01. The van der Waals surface area contributed by atoms with Crippen LogP contribution < -0.4 is 5.32 Å². The molecule has 7 heteroatoms. The quantitative estimate of drug-likeness (QED) is 0.751. The lowest BCUT2D eigenvalue weighted by Gasteiger charge is -2.16. The van der Waals surface area contributed by atoms with Crippen molar-refractivity contribution >= 4 is 34.8 Å². The van der Waals surface area contributed by atoms with Gasteiger partial charge in [0.1, 0.15) is 17.3 Å². The van der Waals surface area contributed by atoms with Crippen molar-refractivity contribution in [3.63, 3.8) is 0 Å². The van der Waals surface area contributed by atoms with Crippen molar-refractivity contribution in [2.24, 2.45) is 0 Å². The number of hydrogen-bond donors (Lipinski definition) is 1. The van der Waals surface area contributed by atoms with Crippen molar-refractivity contribution in [3.8, 4) is 0 Å². The lowest BCUT2D eigenvalue weighted by molar-refractivity contribution is 0.840. The van der Waals surface area contributed by atoms with Gasteiger partial charge in [-0.05, 0) is 24.6 Å². The van der Waals surface area contributed by atoms with Crippen LogP contribution in [-0.4, -0.2) is 19.6 Å². The van der Waals surface area contributed by atoms with E-state index in [0.29, 0.717) is 16.0 Å². The molecule has 5 nitrogen and oxygen atoms in total. The highest BCUT2D eigenvalue weighted by Gasteiger charge is 2.11. The topological polar surface area (TPSA) is 55.1 Å². The summed E-state index contributed by atoms with van der Waals surface area (Å²) in [6, 6.07) is 9.44. The molecule has 0 aliphatic carbocycles. The number of nitrogens with one attached hydrogen (secondary N) is 1. The first-order chi connectivity index (χ1) is 9.63. The Morgan fingerprint density at radius 2 is 2.10 bits per heavy atom. The molecule has 0 aliphatic rings. The van der Waals surface area contributed by atoms with Crippen molar-refractivity contribution in [3.05, 3.63) is 52.4 Å². The van der Waals surface area contributed by atoms with Gasteiger partial charge < -0.3 is 5.32 Å². The Hall–Kier alpha value is -1.85. The van der Waals surface area contributed by atoms with E-state index in [9.17, 15) is 0 Å². The van der Waals surface area contributed by atoms with Gasteiger partial charge in [-0.15, -0.1) is 0 Å². The predicted octanol–water partition coefficient (Wildman–Crippen LogP) is 3.60. The molecule has 0 saturated heterocycles. The molecule has 0 aliphatic heterocycles. The summed E-state index contributed by atoms with van der Waals surface area (Å²) in [6.07, 6.45) is 1.44. The van der Waals surface area contributed by atoms with Crippen molar-refractivity contribution in [1.29, 1.82) is 0 Å². The van der Waals surface area contributed by atoms with E-state index < -0.39 is 0 Å². The molecule has 0 amide bonds. The number of nitrogens with zero attached hydrogens (tertiary/aromatic N) is 4. The minimum atomic E-state index is 0.0413. The molecule has 2 aromatic heterocycles. The Labute approximate surface area is 125 Å². The molecular formula is C13H11Cl2N5. The van der Waals surface area contributed by atoms with E-state index in [2.05, 4.69) is 20.4 Å². The molecule has 20 heavy (non-hydrogen) atoms. The third-order valence-corrected chi connectivity index (χ3v) is 3.36. The van der Waals surface area contributed by atoms with Crippen LogP contribution in [0.1, 0.15) is 18.5 Å². The molecule has 102 valence electrons. The predicted molar refractivity (Wildman–Crippen MR) is 79.3 cm³/mol. The van der Waals surface area contributed by atoms with Gasteiger partial charge in [-0.2, -0.15) is 19.6 Å². The Morgan fingerprint density at radius 1 is 1.25 bits per heavy atom. The highest BCUT2D eigenvalue weighted by molar-refractivity contribution is 6.30. The third kappa shape index (κ3) is 2.55. The minimum Gasteiger partial charge on any atom is -0.363 e. The molecule has 1 N–H and O–H groups in total. The lowest BCUT2D eigenvalue weighted by atomic mass is 10.1. The zero-order valence-corrected chi connectivity index (χ0v) is 12.1. The summed E-state index contributed by atoms with van der Waals surface area (Å²) in [4.78, 5) is 8.11. The Bertz CT molecular complexity index is 755. The van der Waals surface area contributed by atoms with Gasteiger partial charge in [-0.3, -0.25) is 0 Å². The van der Waals surface area contributed by atoms with E-state index in [1.807, 2.05) is 31.2 Å². The summed E-state index contributed by atoms with van der Waals surface area (Å²) in [7, 11) is 0. The van der Waals surface area contributed by atoms with Gasteiger partial charge in [-0.1, -0.05) is 35.3 Å². The Morgan fingerprint density at radius 3 is 2.90 bits per heavy atom. The summed E-state index contributed by atoms with van der Waals surface area (Å²) < 4.78 is 1.60. The van der Waals surface area contributed by atoms with E-state index in [1.54, 1.807) is 10.6 Å². The van der Waals surface area contributed by atoms with Crippen molar-refractivity contribution in [2.45, 2.75) is 13.0 Å². The van der Waals surface area contributed by atoms with Crippen LogP contribution in [0.25, 0.3) is 5.78 Å². The first-order valence-electron chi connectivity index (χ1n) is 6.02. The number of fused-ring (bicyclic) bond motifs is 1. The summed E-state index contributed by atoms with van der Waals surface area (Å²) >= 11 is 12.0. The van der Waals surface area contributed by atoms with Gasteiger partial charge in [0, 0.05) is 17.1 Å². The molecular weight excluding hydrogens is 297 g/mol. The van der Waals surface area contributed by atoms with Gasteiger partial charge in [-0.25, -0.2) is 0 Å². The molecule has 1 unspecified atom stereocenters. The molecule has 0 bridgehead atoms. The number of aromatic nitrogens is 4. The van der Waals surface area contributed by atoms with Crippen LogP contribution in [0.2, 0.25) is 10.2 Å². The molecule has 3 rings (SSSR count). The van der Waals surface area contributed by atoms with Crippen molar-refractivity contribution in [2.75, 3.05) is 5.32 Å². The van der Waals surface area contributed by atoms with E-state index >= 15 is 0 Å². The minimum absolute atomic E-state index is 0.0413. The van der Waals surface area contributed by atoms with Crippen LogP contribution in [-0.2, 0) is 0 Å². The summed E-state index contributed by atoms with van der Waals surface area (Å²) in [6.45, 7) is 2.03. The molecule has 0 saturated carbocycles. The molecule has 0 fully saturated rings. The first-order valence-corrected chi connectivity index (χ1v) is 6.77. The van der Waals surface area contributed by atoms with Gasteiger partial charge >= 0.3 is 0 Å². The number of hydrogen-bond acceptors (Lipinski definition) is 4. The fourth-order valence-corrected chi connectivity index (χ4v) is 2.34. The number of halogens is 2. The second-order valence-electron chi connectivity index (χ2n) is 4.36. The molecule has 1 aromatic carbocycles. The highest BCUT2D eigenvalue weighted by Crippen LogP contribution is 2.23. The standard InChI is InChI=1S/C13H11Cl2N5/c1-8(9-3-2-4-10(14)5-9)18-12-6-11(15)19-13-16-7-17-20(12)13/h2-8,18H,1H3. The molecule has 1 atom stereocenters. The fourth-order valence-electron chi connectivity index (χ4n) is 1.97. The average Bonchev–Trinajstić information content (AvgIpc) is 2.86. The van der Waals surface area contributed by atoms with Crippen molar-refractivity contribution in [1.82, 2.24) is 19.6 Å². The zero-order valence-electron chi connectivity index (χ0n) is 10.6. The number of rotatable bonds is 3. The van der Waals surface area contributed by atoms with Gasteiger partial charge in [0.25, 0.3) is 5.78 Å². The molecule has 0 radical (unpaired) electrons. The molecule has 0 spiro atoms. The van der Waals surface area contributed by atoms with Crippen LogP contribution >= 0.6 is 23.2 Å². The largest absolute Gasteiger partial charge is 0.363 e. The van der Waals surface area contributed by atoms with Crippen LogP contribution in [0.15, 0.2) is 36.7 Å². The number of anilines is 1. The van der Waals surface area contributed by atoms with Gasteiger partial charge in [0.2, 0.25) is 0 Å². The second kappa shape index (κ2) is 5.26.